The van der Waals surface area contributed by atoms with Gasteiger partial charge in [0, 0.05) is 0 Å². The molecule has 1 rings (SSSR count). The van der Waals surface area contributed by atoms with Gasteiger partial charge in [0.15, 0.2) is 0 Å². The van der Waals surface area contributed by atoms with E-state index in [2.05, 4.69) is 0 Å². The molecule has 0 aromatic rings. The number of hydrogen-bond acceptors (Lipinski definition) is 4. The van der Waals surface area contributed by atoms with Gasteiger partial charge < -0.3 is 19.5 Å². The number of amides is 1. The first-order chi connectivity index (χ1) is 9.02. The van der Waals surface area contributed by atoms with Crippen LogP contribution in [0.4, 0.5) is 4.79 Å². The van der Waals surface area contributed by atoms with Gasteiger partial charge in [-0.15, -0.1) is 0 Å². The summed E-state index contributed by atoms with van der Waals surface area (Å²) in [7, 11) is 0. The molecular weight excluding hydrogens is 248 g/mol. The Morgan fingerprint density at radius 3 is 2.53 bits per heavy atom. The fourth-order valence-corrected chi connectivity index (χ4v) is 2.12. The Morgan fingerprint density at radius 1 is 1.37 bits per heavy atom. The van der Waals surface area contributed by atoms with Crippen LogP contribution in [0.2, 0.25) is 0 Å². The lowest BCUT2D eigenvalue weighted by molar-refractivity contribution is -0.907. The van der Waals surface area contributed by atoms with Crippen molar-refractivity contribution in [3.05, 3.63) is 0 Å². The zero-order chi connectivity index (χ0) is 14.3. The first-order valence-corrected chi connectivity index (χ1v) is 7.07. The highest BCUT2D eigenvalue weighted by molar-refractivity contribution is 5.67. The number of ether oxygens (including phenoxy) is 2. The van der Waals surface area contributed by atoms with Gasteiger partial charge >= 0.3 is 6.09 Å². The van der Waals surface area contributed by atoms with Gasteiger partial charge in [0.2, 0.25) is 0 Å². The van der Waals surface area contributed by atoms with Gasteiger partial charge in [-0.1, -0.05) is 0 Å². The summed E-state index contributed by atoms with van der Waals surface area (Å²) in [4.78, 5) is 14.6. The highest BCUT2D eigenvalue weighted by Gasteiger charge is 2.25. The van der Waals surface area contributed by atoms with Gasteiger partial charge in [-0.2, -0.15) is 0 Å². The van der Waals surface area contributed by atoms with Crippen molar-refractivity contribution in [1.29, 1.82) is 0 Å². The standard InChI is InChI=1S/C13H26N2O4/c1-4-18-13(17)15-7-5-14(6-8-15)9-12(16)10-19-11(2)3/h11-12,16H,4-10H2,1-3H3/p+1/t12-/m1/s1. The van der Waals surface area contributed by atoms with Crippen LogP contribution in [-0.4, -0.2) is 74.2 Å². The maximum absolute atomic E-state index is 11.5. The summed E-state index contributed by atoms with van der Waals surface area (Å²) in [6.45, 7) is 10.2. The van der Waals surface area contributed by atoms with Crippen molar-refractivity contribution in [1.82, 2.24) is 4.90 Å². The van der Waals surface area contributed by atoms with E-state index in [9.17, 15) is 9.90 Å². The van der Waals surface area contributed by atoms with Crippen LogP contribution in [0.15, 0.2) is 0 Å². The Kier molecular flexibility index (Phi) is 7.12. The molecule has 1 fully saturated rings. The second-order valence-corrected chi connectivity index (χ2v) is 5.18. The SMILES string of the molecule is CCOC(=O)N1CC[NH+](C[C@@H](O)COC(C)C)CC1. The Bertz CT molecular complexity index is 265. The summed E-state index contributed by atoms with van der Waals surface area (Å²) in [5.41, 5.74) is 0. The highest BCUT2D eigenvalue weighted by Crippen LogP contribution is 1.95. The topological polar surface area (TPSA) is 63.4 Å². The average molecular weight is 275 g/mol. The van der Waals surface area contributed by atoms with Crippen molar-refractivity contribution in [3.63, 3.8) is 0 Å². The van der Waals surface area contributed by atoms with Crippen molar-refractivity contribution in [3.8, 4) is 0 Å². The molecule has 0 aromatic carbocycles. The van der Waals surface area contributed by atoms with Gasteiger partial charge in [-0.3, -0.25) is 4.90 Å². The Hall–Kier alpha value is -0.850. The smallest absolute Gasteiger partial charge is 0.410 e. The third-order valence-electron chi connectivity index (χ3n) is 3.14. The van der Waals surface area contributed by atoms with E-state index >= 15 is 0 Å². The normalized spacial score (nSPS) is 18.7. The highest BCUT2D eigenvalue weighted by atomic mass is 16.6. The van der Waals surface area contributed by atoms with Crippen molar-refractivity contribution in [2.45, 2.75) is 33.0 Å². The fourth-order valence-electron chi connectivity index (χ4n) is 2.12. The molecule has 1 heterocycles. The molecule has 0 spiro atoms. The van der Waals surface area contributed by atoms with Gasteiger partial charge in [-0.05, 0) is 20.8 Å². The summed E-state index contributed by atoms with van der Waals surface area (Å²) < 4.78 is 10.4. The summed E-state index contributed by atoms with van der Waals surface area (Å²) in [6.07, 6.45) is -0.526. The van der Waals surface area contributed by atoms with Crippen LogP contribution < -0.4 is 4.90 Å². The Balaban J connectivity index is 2.20. The molecule has 0 unspecified atom stereocenters. The number of nitrogens with zero attached hydrogens (tertiary/aromatic N) is 1. The summed E-state index contributed by atoms with van der Waals surface area (Å²) in [5.74, 6) is 0. The number of nitrogens with one attached hydrogen (secondary N) is 1. The molecule has 1 atom stereocenters. The van der Waals surface area contributed by atoms with Crippen LogP contribution in [0, 0.1) is 0 Å². The number of carbonyl (C=O) groups excluding carboxylic acids is 1. The minimum atomic E-state index is -0.438. The number of hydrogen-bond donors (Lipinski definition) is 2. The van der Waals surface area contributed by atoms with E-state index in [0.717, 1.165) is 13.1 Å². The minimum absolute atomic E-state index is 0.144. The molecule has 1 amide bonds. The monoisotopic (exact) mass is 275 g/mol. The van der Waals surface area contributed by atoms with Crippen LogP contribution in [0.5, 0.6) is 0 Å². The number of aliphatic hydroxyl groups is 1. The second-order valence-electron chi connectivity index (χ2n) is 5.18. The lowest BCUT2D eigenvalue weighted by Crippen LogP contribution is -3.15. The zero-order valence-corrected chi connectivity index (χ0v) is 12.2. The van der Waals surface area contributed by atoms with Gasteiger partial charge in [-0.25, -0.2) is 4.79 Å². The average Bonchev–Trinajstić information content (AvgIpc) is 2.37. The van der Waals surface area contributed by atoms with Crippen molar-refractivity contribution < 1.29 is 24.3 Å². The first kappa shape index (κ1) is 16.2. The predicted octanol–water partition coefficient (Wildman–Crippen LogP) is -0.871. The van der Waals surface area contributed by atoms with Crippen LogP contribution >= 0.6 is 0 Å². The van der Waals surface area contributed by atoms with Crippen molar-refractivity contribution in [2.75, 3.05) is 45.9 Å². The van der Waals surface area contributed by atoms with Gasteiger partial charge in [0.25, 0.3) is 0 Å². The quantitative estimate of drug-likeness (QED) is 0.661. The number of quaternary nitrogens is 1. The molecular formula is C13H27N2O4+. The van der Waals surface area contributed by atoms with E-state index in [4.69, 9.17) is 9.47 Å². The minimum Gasteiger partial charge on any atom is -0.450 e. The Morgan fingerprint density at radius 2 is 2.00 bits per heavy atom. The molecule has 6 heteroatoms. The summed E-state index contributed by atoms with van der Waals surface area (Å²) >= 11 is 0. The van der Waals surface area contributed by atoms with E-state index in [1.165, 1.54) is 4.90 Å². The number of piperazine rings is 1. The number of carbonyl (C=O) groups is 1. The number of aliphatic hydroxyl groups excluding tert-OH is 1. The van der Waals surface area contributed by atoms with Crippen LogP contribution in [0.25, 0.3) is 0 Å². The van der Waals surface area contributed by atoms with Gasteiger partial charge in [0.05, 0.1) is 45.5 Å². The molecule has 1 saturated heterocycles. The van der Waals surface area contributed by atoms with E-state index in [1.807, 2.05) is 20.8 Å². The molecule has 6 nitrogen and oxygen atoms in total. The van der Waals surface area contributed by atoms with Crippen LogP contribution in [-0.2, 0) is 9.47 Å². The van der Waals surface area contributed by atoms with E-state index in [0.29, 0.717) is 32.8 Å². The maximum atomic E-state index is 11.5. The molecule has 0 saturated carbocycles. The van der Waals surface area contributed by atoms with Gasteiger partial charge in [0.1, 0.15) is 12.6 Å². The lowest BCUT2D eigenvalue weighted by atomic mass is 10.2. The summed E-state index contributed by atoms with van der Waals surface area (Å²) in [5, 5.41) is 9.86. The molecule has 0 aromatic heterocycles. The van der Waals surface area contributed by atoms with Crippen molar-refractivity contribution >= 4 is 6.09 Å². The molecule has 19 heavy (non-hydrogen) atoms. The predicted molar refractivity (Wildman–Crippen MR) is 71.3 cm³/mol. The third kappa shape index (κ3) is 6.22. The van der Waals surface area contributed by atoms with Crippen molar-refractivity contribution in [2.24, 2.45) is 0 Å². The molecule has 112 valence electrons. The molecule has 0 bridgehead atoms. The van der Waals surface area contributed by atoms with E-state index in [1.54, 1.807) is 4.90 Å². The van der Waals surface area contributed by atoms with E-state index in [-0.39, 0.29) is 12.2 Å². The molecule has 2 N–H and O–H groups in total. The molecule has 0 radical (unpaired) electrons. The Labute approximate surface area is 115 Å². The van der Waals surface area contributed by atoms with Crippen LogP contribution in [0.1, 0.15) is 20.8 Å². The lowest BCUT2D eigenvalue weighted by Gasteiger charge is -2.32. The fraction of sp³-hybridized carbons (Fsp3) is 0.923. The molecule has 0 aliphatic carbocycles. The largest absolute Gasteiger partial charge is 0.450 e. The van der Waals surface area contributed by atoms with Crippen LogP contribution in [0.3, 0.4) is 0 Å². The zero-order valence-electron chi connectivity index (χ0n) is 12.2. The van der Waals surface area contributed by atoms with E-state index < -0.39 is 6.10 Å². The second kappa shape index (κ2) is 8.35. The summed E-state index contributed by atoms with van der Waals surface area (Å²) in [6, 6.07) is 0. The maximum Gasteiger partial charge on any atom is 0.410 e. The molecule has 1 aliphatic heterocycles. The number of rotatable bonds is 6. The molecule has 1 aliphatic rings. The third-order valence-corrected chi connectivity index (χ3v) is 3.14. The first-order valence-electron chi connectivity index (χ1n) is 7.07.